The van der Waals surface area contributed by atoms with Gasteiger partial charge in [0.1, 0.15) is 6.04 Å². The molecule has 1 atom stereocenters. The highest BCUT2D eigenvalue weighted by atomic mass is 35.5. The molecule has 92 valence electrons. The largest absolute Gasteiger partial charge is 0.480 e. The molecule has 0 aromatic heterocycles. The van der Waals surface area contributed by atoms with Gasteiger partial charge in [-0.2, -0.15) is 11.8 Å². The summed E-state index contributed by atoms with van der Waals surface area (Å²) in [4.78, 5) is 20.9. The molecule has 0 saturated heterocycles. The number of carbonyl (C=O) groups is 2. The Hall–Kier alpha value is -1.20. The SMILES string of the molecule is O=CNC(CSCc1ccccc1Cl)C(=O)O. The van der Waals surface area contributed by atoms with Crippen molar-refractivity contribution in [2.75, 3.05) is 5.75 Å². The maximum atomic E-state index is 10.7. The monoisotopic (exact) mass is 273 g/mol. The van der Waals surface area contributed by atoms with Crippen molar-refractivity contribution >= 4 is 35.7 Å². The van der Waals surface area contributed by atoms with E-state index in [0.717, 1.165) is 5.56 Å². The number of amides is 1. The van der Waals surface area contributed by atoms with Crippen LogP contribution in [0.5, 0.6) is 0 Å². The van der Waals surface area contributed by atoms with Crippen molar-refractivity contribution in [1.29, 1.82) is 0 Å². The van der Waals surface area contributed by atoms with Crippen molar-refractivity contribution < 1.29 is 14.7 Å². The van der Waals surface area contributed by atoms with E-state index >= 15 is 0 Å². The molecule has 0 aliphatic heterocycles. The lowest BCUT2D eigenvalue weighted by molar-refractivity contribution is -0.139. The Kier molecular flexibility index (Phi) is 5.86. The van der Waals surface area contributed by atoms with E-state index in [-0.39, 0.29) is 0 Å². The molecule has 2 N–H and O–H groups in total. The molecule has 0 aliphatic rings. The first kappa shape index (κ1) is 13.9. The molecule has 0 radical (unpaired) electrons. The third-order valence-electron chi connectivity index (χ3n) is 2.07. The highest BCUT2D eigenvalue weighted by Gasteiger charge is 2.15. The normalized spacial score (nSPS) is 11.8. The Morgan fingerprint density at radius 1 is 1.53 bits per heavy atom. The number of hydrogen-bond acceptors (Lipinski definition) is 3. The summed E-state index contributed by atoms with van der Waals surface area (Å²) in [5.74, 6) is -0.118. The number of aliphatic carboxylic acids is 1. The summed E-state index contributed by atoms with van der Waals surface area (Å²) < 4.78 is 0. The van der Waals surface area contributed by atoms with Crippen molar-refractivity contribution in [3.05, 3.63) is 34.9 Å². The maximum absolute atomic E-state index is 10.7. The smallest absolute Gasteiger partial charge is 0.327 e. The molecule has 1 amide bonds. The minimum absolute atomic E-state index is 0.305. The number of halogens is 1. The van der Waals surface area contributed by atoms with Gasteiger partial charge in [-0.3, -0.25) is 4.79 Å². The highest BCUT2D eigenvalue weighted by molar-refractivity contribution is 7.98. The molecule has 0 fully saturated rings. The van der Waals surface area contributed by atoms with Crippen LogP contribution in [-0.4, -0.2) is 29.3 Å². The summed E-state index contributed by atoms with van der Waals surface area (Å²) in [5, 5.41) is 11.7. The van der Waals surface area contributed by atoms with Crippen LogP contribution in [0.4, 0.5) is 0 Å². The Bertz CT molecular complexity index is 400. The molecule has 1 unspecified atom stereocenters. The summed E-state index contributed by atoms with van der Waals surface area (Å²) in [7, 11) is 0. The molecule has 1 rings (SSSR count). The topological polar surface area (TPSA) is 66.4 Å². The van der Waals surface area contributed by atoms with Gasteiger partial charge in [-0.25, -0.2) is 4.79 Å². The van der Waals surface area contributed by atoms with Gasteiger partial charge in [-0.05, 0) is 11.6 Å². The number of carboxylic acids is 1. The van der Waals surface area contributed by atoms with Crippen molar-refractivity contribution in [2.45, 2.75) is 11.8 Å². The molecule has 1 aromatic rings. The summed E-state index contributed by atoms with van der Waals surface area (Å²) >= 11 is 7.37. The van der Waals surface area contributed by atoms with Crippen molar-refractivity contribution in [2.24, 2.45) is 0 Å². The molecule has 0 heterocycles. The van der Waals surface area contributed by atoms with E-state index in [9.17, 15) is 9.59 Å². The van der Waals surface area contributed by atoms with E-state index in [1.165, 1.54) is 11.8 Å². The van der Waals surface area contributed by atoms with E-state index in [4.69, 9.17) is 16.7 Å². The van der Waals surface area contributed by atoms with Crippen LogP contribution in [0.3, 0.4) is 0 Å². The third kappa shape index (κ3) is 4.66. The summed E-state index contributed by atoms with van der Waals surface area (Å²) in [6.07, 6.45) is 0.398. The van der Waals surface area contributed by atoms with Gasteiger partial charge in [-0.1, -0.05) is 29.8 Å². The second-order valence-corrected chi connectivity index (χ2v) is 4.72. The molecular weight excluding hydrogens is 262 g/mol. The molecular formula is C11H12ClNO3S. The molecule has 0 saturated carbocycles. The first-order chi connectivity index (χ1) is 8.15. The summed E-state index contributed by atoms with van der Waals surface area (Å²) in [6.45, 7) is 0. The van der Waals surface area contributed by atoms with Crippen LogP contribution in [0.15, 0.2) is 24.3 Å². The molecule has 0 aliphatic carbocycles. The minimum Gasteiger partial charge on any atom is -0.480 e. The number of nitrogens with one attached hydrogen (secondary N) is 1. The summed E-state index contributed by atoms with van der Waals surface area (Å²) in [5.41, 5.74) is 0.953. The quantitative estimate of drug-likeness (QED) is 0.743. The first-order valence-electron chi connectivity index (χ1n) is 4.88. The van der Waals surface area contributed by atoms with Crippen molar-refractivity contribution in [3.63, 3.8) is 0 Å². The Morgan fingerprint density at radius 3 is 2.82 bits per heavy atom. The lowest BCUT2D eigenvalue weighted by Crippen LogP contribution is -2.37. The number of benzene rings is 1. The lowest BCUT2D eigenvalue weighted by atomic mass is 10.2. The summed E-state index contributed by atoms with van der Waals surface area (Å²) in [6, 6.07) is 6.53. The van der Waals surface area contributed by atoms with Crippen LogP contribution < -0.4 is 5.32 Å². The van der Waals surface area contributed by atoms with Crippen molar-refractivity contribution in [3.8, 4) is 0 Å². The van der Waals surface area contributed by atoms with Crippen LogP contribution in [0.1, 0.15) is 5.56 Å². The number of rotatable bonds is 7. The molecule has 0 bridgehead atoms. The molecule has 4 nitrogen and oxygen atoms in total. The van der Waals surface area contributed by atoms with Crippen LogP contribution in [-0.2, 0) is 15.3 Å². The Morgan fingerprint density at radius 2 is 2.24 bits per heavy atom. The second-order valence-electron chi connectivity index (χ2n) is 3.28. The molecule has 1 aromatic carbocycles. The fourth-order valence-corrected chi connectivity index (χ4v) is 2.52. The number of carbonyl (C=O) groups excluding carboxylic acids is 1. The zero-order valence-electron chi connectivity index (χ0n) is 8.93. The molecule has 6 heteroatoms. The minimum atomic E-state index is -1.04. The lowest BCUT2D eigenvalue weighted by Gasteiger charge is -2.10. The highest BCUT2D eigenvalue weighted by Crippen LogP contribution is 2.21. The van der Waals surface area contributed by atoms with Gasteiger partial charge in [0.2, 0.25) is 6.41 Å². The van der Waals surface area contributed by atoms with Gasteiger partial charge in [0.25, 0.3) is 0 Å². The van der Waals surface area contributed by atoms with Crippen LogP contribution in [0.2, 0.25) is 5.02 Å². The Labute approximate surface area is 108 Å². The van der Waals surface area contributed by atoms with Gasteiger partial charge in [0, 0.05) is 16.5 Å². The number of hydrogen-bond donors (Lipinski definition) is 2. The van der Waals surface area contributed by atoms with Crippen LogP contribution in [0, 0.1) is 0 Å². The standard InChI is InChI=1S/C11H12ClNO3S/c12-9-4-2-1-3-8(9)5-17-6-10(11(15)16)13-7-14/h1-4,7,10H,5-6H2,(H,13,14)(H,15,16). The second kappa shape index (κ2) is 7.19. The van der Waals surface area contributed by atoms with Gasteiger partial charge in [0.15, 0.2) is 0 Å². The number of carboxylic acid groups (broad SMARTS) is 1. The average Bonchev–Trinajstić information content (AvgIpc) is 2.30. The van der Waals surface area contributed by atoms with Crippen LogP contribution >= 0.6 is 23.4 Å². The van der Waals surface area contributed by atoms with Gasteiger partial charge >= 0.3 is 5.97 Å². The Balaban J connectivity index is 2.43. The van der Waals surface area contributed by atoms with E-state index in [2.05, 4.69) is 5.32 Å². The van der Waals surface area contributed by atoms with Gasteiger partial charge in [-0.15, -0.1) is 0 Å². The zero-order chi connectivity index (χ0) is 12.7. The van der Waals surface area contributed by atoms with E-state index in [1.807, 2.05) is 18.2 Å². The van der Waals surface area contributed by atoms with E-state index in [1.54, 1.807) is 6.07 Å². The van der Waals surface area contributed by atoms with Gasteiger partial charge < -0.3 is 10.4 Å². The zero-order valence-corrected chi connectivity index (χ0v) is 10.5. The molecule has 17 heavy (non-hydrogen) atoms. The maximum Gasteiger partial charge on any atom is 0.327 e. The predicted molar refractivity (Wildman–Crippen MR) is 68.2 cm³/mol. The number of thioether (sulfide) groups is 1. The average molecular weight is 274 g/mol. The van der Waals surface area contributed by atoms with Gasteiger partial charge in [0.05, 0.1) is 0 Å². The fourth-order valence-electron chi connectivity index (χ4n) is 1.18. The molecule has 0 spiro atoms. The van der Waals surface area contributed by atoms with Crippen molar-refractivity contribution in [1.82, 2.24) is 5.32 Å². The predicted octanol–water partition coefficient (Wildman–Crippen LogP) is 1.77. The van der Waals surface area contributed by atoms with E-state index in [0.29, 0.717) is 22.9 Å². The third-order valence-corrected chi connectivity index (χ3v) is 3.52. The van der Waals surface area contributed by atoms with E-state index < -0.39 is 12.0 Å². The van der Waals surface area contributed by atoms with Crippen LogP contribution in [0.25, 0.3) is 0 Å². The fraction of sp³-hybridized carbons (Fsp3) is 0.273. The first-order valence-corrected chi connectivity index (χ1v) is 6.42.